The highest BCUT2D eigenvalue weighted by atomic mass is 32.2. The molecule has 0 aliphatic heterocycles. The van der Waals surface area contributed by atoms with Crippen LogP contribution in [0.25, 0.3) is 0 Å². The molecule has 8 heteroatoms. The first-order valence-corrected chi connectivity index (χ1v) is 11.7. The van der Waals surface area contributed by atoms with Gasteiger partial charge in [0.25, 0.3) is 15.9 Å². The van der Waals surface area contributed by atoms with E-state index >= 15 is 0 Å². The molecule has 0 saturated heterocycles. The molecule has 32 heavy (non-hydrogen) atoms. The van der Waals surface area contributed by atoms with Crippen LogP contribution in [0, 0.1) is 6.92 Å². The van der Waals surface area contributed by atoms with E-state index in [-0.39, 0.29) is 10.8 Å². The molecule has 0 aliphatic rings. The number of carbonyl (C=O) groups excluding carboxylic acids is 1. The molecule has 3 aromatic rings. The van der Waals surface area contributed by atoms with E-state index in [0.29, 0.717) is 36.8 Å². The molecule has 0 aliphatic carbocycles. The van der Waals surface area contributed by atoms with Gasteiger partial charge in [-0.15, -0.1) is 0 Å². The number of sulfonamides is 1. The summed E-state index contributed by atoms with van der Waals surface area (Å²) in [6, 6.07) is 20.0. The number of hydrogen-bond donors (Lipinski definition) is 2. The fourth-order valence-corrected chi connectivity index (χ4v) is 3.99. The van der Waals surface area contributed by atoms with Crippen molar-refractivity contribution in [3.05, 3.63) is 83.9 Å². The normalized spacial score (nSPS) is 10.9. The highest BCUT2D eigenvalue weighted by Crippen LogP contribution is 2.20. The van der Waals surface area contributed by atoms with Crippen LogP contribution in [-0.4, -0.2) is 34.1 Å². The maximum absolute atomic E-state index is 12.6. The van der Waals surface area contributed by atoms with E-state index in [2.05, 4.69) is 10.0 Å². The van der Waals surface area contributed by atoms with Gasteiger partial charge >= 0.3 is 0 Å². The van der Waals surface area contributed by atoms with Crippen LogP contribution in [0.15, 0.2) is 77.7 Å². The molecule has 0 fully saturated rings. The van der Waals surface area contributed by atoms with Crippen LogP contribution in [0.3, 0.4) is 0 Å². The highest BCUT2D eigenvalue weighted by molar-refractivity contribution is 7.92. The van der Waals surface area contributed by atoms with Crippen LogP contribution in [0.5, 0.6) is 11.5 Å². The third kappa shape index (κ3) is 6.24. The Bertz CT molecular complexity index is 1140. The van der Waals surface area contributed by atoms with Gasteiger partial charge in [0.15, 0.2) is 0 Å². The first-order valence-electron chi connectivity index (χ1n) is 10.2. The molecular formula is C24H26N2O5S. The van der Waals surface area contributed by atoms with Gasteiger partial charge < -0.3 is 14.8 Å². The van der Waals surface area contributed by atoms with E-state index in [1.807, 2.05) is 38.1 Å². The second-order valence-corrected chi connectivity index (χ2v) is 8.64. The molecule has 0 spiro atoms. The van der Waals surface area contributed by atoms with Gasteiger partial charge in [0, 0.05) is 11.3 Å². The Hall–Kier alpha value is -3.52. The number of nitrogens with one attached hydrogen (secondary N) is 2. The average Bonchev–Trinajstić information content (AvgIpc) is 2.79. The van der Waals surface area contributed by atoms with Crippen LogP contribution in [0.2, 0.25) is 0 Å². The standard InChI is InChI=1S/C24H26N2O5S/c1-3-30-21-12-10-20(11-13-21)26-32(28,29)22-14-8-19(9-15-22)24(27)25-16-17-31-23-7-5-4-6-18(23)2/h4-15,26H,3,16-17H2,1-2H3,(H,25,27). The number of aryl methyl sites for hydroxylation is 1. The Balaban J connectivity index is 1.53. The van der Waals surface area contributed by atoms with Crippen LogP contribution in [0.4, 0.5) is 5.69 Å². The van der Waals surface area contributed by atoms with E-state index in [1.54, 1.807) is 24.3 Å². The molecule has 3 rings (SSSR count). The van der Waals surface area contributed by atoms with E-state index < -0.39 is 10.0 Å². The summed E-state index contributed by atoms with van der Waals surface area (Å²) < 4.78 is 38.7. The molecule has 0 saturated carbocycles. The molecule has 0 aromatic heterocycles. The summed E-state index contributed by atoms with van der Waals surface area (Å²) in [6.45, 7) is 5.01. The number of ether oxygens (including phenoxy) is 2. The van der Waals surface area contributed by atoms with Gasteiger partial charge in [-0.1, -0.05) is 18.2 Å². The number of rotatable bonds is 10. The summed E-state index contributed by atoms with van der Waals surface area (Å²) in [5.74, 6) is 1.13. The van der Waals surface area contributed by atoms with Crippen molar-refractivity contribution < 1.29 is 22.7 Å². The van der Waals surface area contributed by atoms with Crippen molar-refractivity contribution in [3.63, 3.8) is 0 Å². The van der Waals surface area contributed by atoms with Crippen molar-refractivity contribution in [3.8, 4) is 11.5 Å². The predicted octanol–water partition coefficient (Wildman–Crippen LogP) is 4.00. The average molecular weight is 455 g/mol. The Labute approximate surface area is 188 Å². The van der Waals surface area contributed by atoms with Crippen molar-refractivity contribution in [1.82, 2.24) is 5.32 Å². The molecule has 7 nitrogen and oxygen atoms in total. The van der Waals surface area contributed by atoms with Crippen LogP contribution >= 0.6 is 0 Å². The molecule has 1 amide bonds. The molecule has 168 valence electrons. The zero-order valence-corrected chi connectivity index (χ0v) is 18.8. The molecule has 2 N–H and O–H groups in total. The van der Waals surface area contributed by atoms with Crippen molar-refractivity contribution in [2.45, 2.75) is 18.7 Å². The third-order valence-corrected chi connectivity index (χ3v) is 5.98. The number of carbonyl (C=O) groups is 1. The van der Waals surface area contributed by atoms with Crippen LogP contribution in [-0.2, 0) is 10.0 Å². The molecule has 0 heterocycles. The topological polar surface area (TPSA) is 93.7 Å². The van der Waals surface area contributed by atoms with E-state index in [4.69, 9.17) is 9.47 Å². The van der Waals surface area contributed by atoms with Gasteiger partial charge in [-0.3, -0.25) is 9.52 Å². The number of benzene rings is 3. The fraction of sp³-hybridized carbons (Fsp3) is 0.208. The first kappa shape index (κ1) is 23.1. The highest BCUT2D eigenvalue weighted by Gasteiger charge is 2.15. The summed E-state index contributed by atoms with van der Waals surface area (Å²) in [6.07, 6.45) is 0. The van der Waals surface area contributed by atoms with Crippen molar-refractivity contribution >= 4 is 21.6 Å². The maximum atomic E-state index is 12.6. The van der Waals surface area contributed by atoms with Crippen molar-refractivity contribution in [2.75, 3.05) is 24.5 Å². The van der Waals surface area contributed by atoms with Crippen molar-refractivity contribution in [1.29, 1.82) is 0 Å². The lowest BCUT2D eigenvalue weighted by Crippen LogP contribution is -2.28. The predicted molar refractivity (Wildman–Crippen MR) is 124 cm³/mol. The molecule has 0 bridgehead atoms. The van der Waals surface area contributed by atoms with Gasteiger partial charge in [0.1, 0.15) is 18.1 Å². The maximum Gasteiger partial charge on any atom is 0.261 e. The van der Waals surface area contributed by atoms with Crippen LogP contribution in [0.1, 0.15) is 22.8 Å². The molecule has 0 radical (unpaired) electrons. The molecule has 3 aromatic carbocycles. The van der Waals surface area contributed by atoms with Gasteiger partial charge in [0.05, 0.1) is 18.0 Å². The van der Waals surface area contributed by atoms with E-state index in [9.17, 15) is 13.2 Å². The lowest BCUT2D eigenvalue weighted by molar-refractivity contribution is 0.0947. The molecule has 0 atom stereocenters. The van der Waals surface area contributed by atoms with Gasteiger partial charge in [-0.2, -0.15) is 0 Å². The second-order valence-electron chi connectivity index (χ2n) is 6.96. The lowest BCUT2D eigenvalue weighted by atomic mass is 10.2. The minimum absolute atomic E-state index is 0.0609. The fourth-order valence-electron chi connectivity index (χ4n) is 2.93. The Morgan fingerprint density at radius 2 is 1.59 bits per heavy atom. The summed E-state index contributed by atoms with van der Waals surface area (Å²) in [4.78, 5) is 12.4. The summed E-state index contributed by atoms with van der Waals surface area (Å²) >= 11 is 0. The first-order chi connectivity index (χ1) is 15.4. The van der Waals surface area contributed by atoms with Gasteiger partial charge in [0.2, 0.25) is 0 Å². The van der Waals surface area contributed by atoms with E-state index in [1.165, 1.54) is 24.3 Å². The SMILES string of the molecule is CCOc1ccc(NS(=O)(=O)c2ccc(C(=O)NCCOc3ccccc3C)cc2)cc1. The number of anilines is 1. The van der Waals surface area contributed by atoms with Gasteiger partial charge in [-0.05, 0) is 74.0 Å². The van der Waals surface area contributed by atoms with Gasteiger partial charge in [-0.25, -0.2) is 8.42 Å². The zero-order valence-electron chi connectivity index (χ0n) is 18.0. The largest absolute Gasteiger partial charge is 0.494 e. The quantitative estimate of drug-likeness (QED) is 0.452. The third-order valence-electron chi connectivity index (χ3n) is 4.58. The number of para-hydroxylation sites is 1. The summed E-state index contributed by atoms with van der Waals surface area (Å²) in [5, 5.41) is 2.76. The Morgan fingerprint density at radius 1 is 0.906 bits per heavy atom. The number of hydrogen-bond acceptors (Lipinski definition) is 5. The Kier molecular flexibility index (Phi) is 7.72. The summed E-state index contributed by atoms with van der Waals surface area (Å²) in [7, 11) is -3.78. The summed E-state index contributed by atoms with van der Waals surface area (Å²) in [5.41, 5.74) is 1.80. The zero-order chi connectivity index (χ0) is 23.0. The smallest absolute Gasteiger partial charge is 0.261 e. The number of amides is 1. The lowest BCUT2D eigenvalue weighted by Gasteiger charge is -2.11. The Morgan fingerprint density at radius 3 is 2.25 bits per heavy atom. The molecular weight excluding hydrogens is 428 g/mol. The monoisotopic (exact) mass is 454 g/mol. The van der Waals surface area contributed by atoms with E-state index in [0.717, 1.165) is 11.3 Å². The minimum atomic E-state index is -3.78. The molecule has 0 unspecified atom stereocenters. The minimum Gasteiger partial charge on any atom is -0.494 e. The van der Waals surface area contributed by atoms with Crippen molar-refractivity contribution in [2.24, 2.45) is 0 Å². The van der Waals surface area contributed by atoms with Crippen LogP contribution < -0.4 is 19.5 Å². The second kappa shape index (κ2) is 10.7.